The van der Waals surface area contributed by atoms with Crippen LogP contribution < -0.4 is 4.74 Å². The number of hydrogen-bond acceptors (Lipinski definition) is 5. The molecule has 0 aliphatic carbocycles. The Morgan fingerprint density at radius 2 is 2.00 bits per heavy atom. The molecule has 1 aliphatic heterocycles. The third kappa shape index (κ3) is 2.54. The van der Waals surface area contributed by atoms with E-state index in [0.29, 0.717) is 23.0 Å². The number of likely N-dealkylation sites (N-methyl/N-ethyl adjacent to an activating group) is 1. The lowest BCUT2D eigenvalue weighted by atomic mass is 10.4. The van der Waals surface area contributed by atoms with Crippen LogP contribution in [0.3, 0.4) is 0 Å². The molecule has 2 rings (SSSR count). The Morgan fingerprint density at radius 1 is 1.33 bits per heavy atom. The average Bonchev–Trinajstić information content (AvgIpc) is 2.88. The molecule has 0 atom stereocenters. The van der Waals surface area contributed by atoms with Gasteiger partial charge >= 0.3 is 0 Å². The number of ether oxygens (including phenoxy) is 1. The zero-order valence-corrected chi connectivity index (χ0v) is 12.3. The van der Waals surface area contributed by atoms with E-state index in [9.17, 15) is 8.42 Å². The standard InChI is InChI=1S/C11H18N2O3S2/c1-3-12-5-7-13(8-6-12)18(14,15)11-10(16-2)4-9-17-11/h4,9H,3,5-8H2,1-2H3. The molecule has 0 radical (unpaired) electrons. The van der Waals surface area contributed by atoms with Gasteiger partial charge in [-0.3, -0.25) is 0 Å². The van der Waals surface area contributed by atoms with Crippen molar-refractivity contribution in [1.29, 1.82) is 0 Å². The molecule has 0 amide bonds. The van der Waals surface area contributed by atoms with Crippen molar-refractivity contribution >= 4 is 21.4 Å². The molecule has 0 bridgehead atoms. The number of nitrogens with zero attached hydrogens (tertiary/aromatic N) is 2. The number of hydrogen-bond donors (Lipinski definition) is 0. The summed E-state index contributed by atoms with van der Waals surface area (Å²) in [5, 5.41) is 1.74. The molecule has 18 heavy (non-hydrogen) atoms. The van der Waals surface area contributed by atoms with Crippen molar-refractivity contribution in [3.63, 3.8) is 0 Å². The molecule has 1 aromatic heterocycles. The summed E-state index contributed by atoms with van der Waals surface area (Å²) in [6.45, 7) is 5.75. The predicted molar refractivity (Wildman–Crippen MR) is 71.7 cm³/mol. The minimum absolute atomic E-state index is 0.315. The molecule has 1 fully saturated rings. The maximum atomic E-state index is 12.5. The third-order valence-corrected chi connectivity index (χ3v) is 6.49. The average molecular weight is 290 g/mol. The molecule has 0 aromatic carbocycles. The largest absolute Gasteiger partial charge is 0.494 e. The van der Waals surface area contributed by atoms with Crippen LogP contribution in [0.25, 0.3) is 0 Å². The number of methoxy groups -OCH3 is 1. The van der Waals surface area contributed by atoms with Gasteiger partial charge in [-0.25, -0.2) is 8.42 Å². The van der Waals surface area contributed by atoms with E-state index in [1.807, 2.05) is 0 Å². The van der Waals surface area contributed by atoms with E-state index in [4.69, 9.17) is 4.74 Å². The number of thiophene rings is 1. The Kier molecular flexibility index (Phi) is 4.26. The fourth-order valence-electron chi connectivity index (χ4n) is 2.03. The molecule has 0 saturated carbocycles. The van der Waals surface area contributed by atoms with Crippen LogP contribution in [-0.2, 0) is 10.0 Å². The highest BCUT2D eigenvalue weighted by Gasteiger charge is 2.31. The lowest BCUT2D eigenvalue weighted by molar-refractivity contribution is 0.196. The smallest absolute Gasteiger partial charge is 0.256 e. The van der Waals surface area contributed by atoms with Gasteiger partial charge in [-0.1, -0.05) is 6.92 Å². The number of rotatable bonds is 4. The second-order valence-electron chi connectivity index (χ2n) is 4.11. The van der Waals surface area contributed by atoms with Gasteiger partial charge < -0.3 is 9.64 Å². The summed E-state index contributed by atoms with van der Waals surface area (Å²) >= 11 is 1.21. The van der Waals surface area contributed by atoms with Gasteiger partial charge in [0.25, 0.3) is 10.0 Å². The van der Waals surface area contributed by atoms with E-state index < -0.39 is 10.0 Å². The van der Waals surface area contributed by atoms with Gasteiger partial charge in [0, 0.05) is 26.2 Å². The first-order valence-electron chi connectivity index (χ1n) is 5.93. The highest BCUT2D eigenvalue weighted by molar-refractivity contribution is 7.91. The summed E-state index contributed by atoms with van der Waals surface area (Å²) in [5.41, 5.74) is 0. The zero-order valence-electron chi connectivity index (χ0n) is 10.6. The van der Waals surface area contributed by atoms with Crippen LogP contribution in [0.2, 0.25) is 0 Å². The maximum absolute atomic E-state index is 12.5. The van der Waals surface area contributed by atoms with Gasteiger partial charge in [0.15, 0.2) is 4.21 Å². The summed E-state index contributed by atoms with van der Waals surface area (Å²) < 4.78 is 31.9. The third-order valence-electron chi connectivity index (χ3n) is 3.17. The molecule has 1 saturated heterocycles. The van der Waals surface area contributed by atoms with E-state index in [1.54, 1.807) is 15.8 Å². The molecule has 7 heteroatoms. The van der Waals surface area contributed by atoms with Crippen LogP contribution in [0.5, 0.6) is 5.75 Å². The minimum atomic E-state index is -3.39. The summed E-state index contributed by atoms with van der Waals surface area (Å²) in [7, 11) is -1.90. The molecule has 5 nitrogen and oxygen atoms in total. The van der Waals surface area contributed by atoms with Crippen molar-refractivity contribution in [2.45, 2.75) is 11.1 Å². The Balaban J connectivity index is 2.17. The van der Waals surface area contributed by atoms with Crippen LogP contribution in [0.1, 0.15) is 6.92 Å². The van der Waals surface area contributed by atoms with Crippen LogP contribution in [0.15, 0.2) is 15.7 Å². The highest BCUT2D eigenvalue weighted by Crippen LogP contribution is 2.32. The van der Waals surface area contributed by atoms with Gasteiger partial charge in [-0.05, 0) is 18.0 Å². The number of sulfonamides is 1. The summed E-state index contributed by atoms with van der Waals surface area (Å²) in [6.07, 6.45) is 0. The molecule has 0 spiro atoms. The molecular weight excluding hydrogens is 272 g/mol. The van der Waals surface area contributed by atoms with Crippen LogP contribution >= 0.6 is 11.3 Å². The van der Waals surface area contributed by atoms with Crippen molar-refractivity contribution in [2.75, 3.05) is 39.8 Å². The molecule has 2 heterocycles. The van der Waals surface area contributed by atoms with Gasteiger partial charge in [-0.2, -0.15) is 4.31 Å². The SMILES string of the molecule is CCN1CCN(S(=O)(=O)c2sccc2OC)CC1. The summed E-state index contributed by atoms with van der Waals surface area (Å²) in [5.74, 6) is 0.443. The van der Waals surface area contributed by atoms with Crippen LogP contribution in [0.4, 0.5) is 0 Å². The van der Waals surface area contributed by atoms with E-state index in [0.717, 1.165) is 19.6 Å². The first-order chi connectivity index (χ1) is 8.59. The lowest BCUT2D eigenvalue weighted by Gasteiger charge is -2.32. The van der Waals surface area contributed by atoms with E-state index in [-0.39, 0.29) is 0 Å². The summed E-state index contributed by atoms with van der Waals surface area (Å²) in [4.78, 5) is 2.25. The lowest BCUT2D eigenvalue weighted by Crippen LogP contribution is -2.48. The van der Waals surface area contributed by atoms with E-state index in [1.165, 1.54) is 18.4 Å². The van der Waals surface area contributed by atoms with Crippen molar-refractivity contribution in [2.24, 2.45) is 0 Å². The van der Waals surface area contributed by atoms with Gasteiger partial charge in [-0.15, -0.1) is 11.3 Å². The fourth-order valence-corrected chi connectivity index (χ4v) is 4.86. The van der Waals surface area contributed by atoms with Crippen molar-refractivity contribution in [3.05, 3.63) is 11.4 Å². The van der Waals surface area contributed by atoms with E-state index in [2.05, 4.69) is 11.8 Å². The Morgan fingerprint density at radius 3 is 2.56 bits per heavy atom. The molecule has 0 N–H and O–H groups in total. The monoisotopic (exact) mass is 290 g/mol. The molecule has 102 valence electrons. The predicted octanol–water partition coefficient (Wildman–Crippen LogP) is 1.08. The Labute approximate surface area is 112 Å². The minimum Gasteiger partial charge on any atom is -0.494 e. The maximum Gasteiger partial charge on any atom is 0.256 e. The van der Waals surface area contributed by atoms with Crippen LogP contribution in [0, 0.1) is 0 Å². The molecule has 1 aliphatic rings. The highest BCUT2D eigenvalue weighted by atomic mass is 32.2. The van der Waals surface area contributed by atoms with Gasteiger partial charge in [0.1, 0.15) is 5.75 Å². The van der Waals surface area contributed by atoms with Crippen molar-refractivity contribution in [1.82, 2.24) is 9.21 Å². The quantitative estimate of drug-likeness (QED) is 0.833. The normalized spacial score (nSPS) is 19.0. The first kappa shape index (κ1) is 13.8. The fraction of sp³-hybridized carbons (Fsp3) is 0.636. The molecule has 0 unspecified atom stereocenters. The van der Waals surface area contributed by atoms with Gasteiger partial charge in [0.05, 0.1) is 7.11 Å². The summed E-state index contributed by atoms with van der Waals surface area (Å²) in [6, 6.07) is 1.69. The number of piperazine rings is 1. The first-order valence-corrected chi connectivity index (χ1v) is 8.25. The second kappa shape index (κ2) is 5.56. The van der Waals surface area contributed by atoms with Crippen molar-refractivity contribution < 1.29 is 13.2 Å². The topological polar surface area (TPSA) is 49.9 Å². The van der Waals surface area contributed by atoms with E-state index >= 15 is 0 Å². The Bertz CT molecular complexity index is 490. The van der Waals surface area contributed by atoms with Crippen LogP contribution in [-0.4, -0.2) is 57.5 Å². The zero-order chi connectivity index (χ0) is 13.2. The Hall–Kier alpha value is -0.630. The second-order valence-corrected chi connectivity index (χ2v) is 7.16. The molecule has 1 aromatic rings. The van der Waals surface area contributed by atoms with Crippen molar-refractivity contribution in [3.8, 4) is 5.75 Å². The molecular formula is C11H18N2O3S2. The van der Waals surface area contributed by atoms with Gasteiger partial charge in [0.2, 0.25) is 0 Å².